The van der Waals surface area contributed by atoms with Gasteiger partial charge in [-0.2, -0.15) is 0 Å². The smallest absolute Gasteiger partial charge is 0.249 e. The molecule has 3 heterocycles. The van der Waals surface area contributed by atoms with Gasteiger partial charge < -0.3 is 24.5 Å². The van der Waals surface area contributed by atoms with Gasteiger partial charge in [0.15, 0.2) is 0 Å². The third kappa shape index (κ3) is 4.59. The van der Waals surface area contributed by atoms with Crippen LogP contribution in [0.5, 0.6) is 0 Å². The van der Waals surface area contributed by atoms with Crippen molar-refractivity contribution in [1.82, 2.24) is 14.7 Å². The molecule has 1 spiro atoms. The summed E-state index contributed by atoms with van der Waals surface area (Å²) in [4.78, 5) is 48.2. The van der Waals surface area contributed by atoms with Crippen molar-refractivity contribution in [1.29, 1.82) is 0 Å². The molecule has 2 bridgehead atoms. The number of carbonyl (C=O) groups is 3. The van der Waals surface area contributed by atoms with E-state index in [0.717, 1.165) is 5.56 Å². The van der Waals surface area contributed by atoms with E-state index < -0.39 is 40.7 Å². The molecular weight excluding hydrogens is 506 g/mol. The van der Waals surface area contributed by atoms with E-state index in [9.17, 15) is 19.5 Å². The highest BCUT2D eigenvalue weighted by Gasteiger charge is 2.80. The largest absolute Gasteiger partial charge is 0.394 e. The Labute approximate surface area is 238 Å². The van der Waals surface area contributed by atoms with E-state index in [-0.39, 0.29) is 30.2 Å². The lowest BCUT2D eigenvalue weighted by Crippen LogP contribution is -2.61. The Kier molecular flexibility index (Phi) is 8.09. The molecule has 0 radical (unpaired) electrons. The minimum absolute atomic E-state index is 0.0741. The maximum atomic E-state index is 14.5. The lowest BCUT2D eigenvalue weighted by molar-refractivity contribution is -0.159. The van der Waals surface area contributed by atoms with E-state index in [4.69, 9.17) is 4.74 Å². The van der Waals surface area contributed by atoms with Crippen LogP contribution >= 0.6 is 0 Å². The highest BCUT2D eigenvalue weighted by molar-refractivity contribution is 5.99. The van der Waals surface area contributed by atoms with E-state index in [2.05, 4.69) is 13.2 Å². The Morgan fingerprint density at radius 2 is 1.80 bits per heavy atom. The number of carbonyl (C=O) groups excluding carboxylic acids is 3. The van der Waals surface area contributed by atoms with Crippen LogP contribution < -0.4 is 0 Å². The zero-order valence-electron chi connectivity index (χ0n) is 24.8. The van der Waals surface area contributed by atoms with E-state index in [1.165, 1.54) is 4.90 Å². The number of hydrogen-bond donors (Lipinski definition) is 1. The Morgan fingerprint density at radius 3 is 2.35 bits per heavy atom. The first-order valence-electron chi connectivity index (χ1n) is 14.3. The van der Waals surface area contributed by atoms with Crippen molar-refractivity contribution < 1.29 is 24.2 Å². The fourth-order valence-electron chi connectivity index (χ4n) is 7.25. The molecule has 7 atom stereocenters. The van der Waals surface area contributed by atoms with Crippen molar-refractivity contribution in [3.63, 3.8) is 0 Å². The van der Waals surface area contributed by atoms with Gasteiger partial charge in [0.1, 0.15) is 11.6 Å². The first-order chi connectivity index (χ1) is 18.8. The second-order valence-electron chi connectivity index (χ2n) is 12.9. The van der Waals surface area contributed by atoms with Gasteiger partial charge in [0.05, 0.1) is 30.1 Å². The van der Waals surface area contributed by atoms with Crippen LogP contribution in [0, 0.1) is 17.8 Å². The van der Waals surface area contributed by atoms with E-state index in [1.54, 1.807) is 28.9 Å². The number of benzene rings is 1. The monoisotopic (exact) mass is 551 g/mol. The van der Waals surface area contributed by atoms with Crippen LogP contribution in [0.2, 0.25) is 0 Å². The van der Waals surface area contributed by atoms with Gasteiger partial charge in [0.25, 0.3) is 0 Å². The molecule has 1 aromatic rings. The molecule has 1 N–H and O–H groups in total. The van der Waals surface area contributed by atoms with Crippen LogP contribution in [-0.4, -0.2) is 86.0 Å². The Balaban J connectivity index is 1.82. The summed E-state index contributed by atoms with van der Waals surface area (Å²) in [6.07, 6.45) is 3.84. The topological polar surface area (TPSA) is 90.4 Å². The van der Waals surface area contributed by atoms with Crippen molar-refractivity contribution in [2.45, 2.75) is 83.3 Å². The third-order valence-corrected chi connectivity index (χ3v) is 9.26. The molecule has 3 unspecified atom stereocenters. The van der Waals surface area contributed by atoms with Gasteiger partial charge in [0.2, 0.25) is 17.7 Å². The molecule has 1 aromatic carbocycles. The molecular formula is C32H45N3O5. The molecule has 8 nitrogen and oxygen atoms in total. The molecule has 218 valence electrons. The lowest BCUT2D eigenvalue weighted by Gasteiger charge is -2.43. The van der Waals surface area contributed by atoms with Gasteiger partial charge in [-0.1, -0.05) is 49.4 Å². The first kappa shape index (κ1) is 30.0. The SMILES string of the molecule is C=CCN(Cc1ccccc1)C(=O)[C@@H]1[C@H]2C(=O)N([C@H](C)CO)C(C(=O)N(CC=C)C(C)(C)C)C23CC(C)[C@@]1(C)O3. The third-order valence-electron chi connectivity index (χ3n) is 9.26. The Hall–Kier alpha value is -2.97. The number of nitrogens with zero attached hydrogens (tertiary/aromatic N) is 3. The summed E-state index contributed by atoms with van der Waals surface area (Å²) in [5.74, 6) is -2.42. The van der Waals surface area contributed by atoms with Crippen molar-refractivity contribution >= 4 is 17.7 Å². The molecule has 3 saturated heterocycles. The minimum Gasteiger partial charge on any atom is -0.394 e. The van der Waals surface area contributed by atoms with E-state index in [1.807, 2.05) is 65.0 Å². The van der Waals surface area contributed by atoms with E-state index >= 15 is 0 Å². The van der Waals surface area contributed by atoms with Crippen LogP contribution in [0.3, 0.4) is 0 Å². The van der Waals surface area contributed by atoms with Gasteiger partial charge in [-0.3, -0.25) is 14.4 Å². The predicted octanol–water partition coefficient (Wildman–Crippen LogP) is 3.41. The van der Waals surface area contributed by atoms with Crippen molar-refractivity contribution in [3.05, 3.63) is 61.2 Å². The standard InChI is InChI=1S/C32H45N3O5/c1-9-16-33(19-23-14-12-11-13-15-23)27(37)24-25-28(38)35(22(4)20-36)26(29(39)34(17-10-2)30(5,6)7)32(25)18-21(3)31(24,8)40-32/h9-15,21-22,24-26,36H,1-2,16-20H2,3-8H3/t21?,22-,24+,25+,26?,31-,32?/m1/s1. The summed E-state index contributed by atoms with van der Waals surface area (Å²) in [5, 5.41) is 10.2. The fraction of sp³-hybridized carbons (Fsp3) is 0.594. The molecule has 4 rings (SSSR count). The summed E-state index contributed by atoms with van der Waals surface area (Å²) in [5.41, 5.74) is -1.68. The summed E-state index contributed by atoms with van der Waals surface area (Å²) in [6.45, 7) is 19.9. The predicted molar refractivity (Wildman–Crippen MR) is 154 cm³/mol. The molecule has 3 fully saturated rings. The summed E-state index contributed by atoms with van der Waals surface area (Å²) in [6, 6.07) is 8.14. The first-order valence-corrected chi connectivity index (χ1v) is 14.3. The van der Waals surface area contributed by atoms with Crippen LogP contribution in [0.15, 0.2) is 55.6 Å². The second kappa shape index (κ2) is 10.8. The number of hydrogen-bond acceptors (Lipinski definition) is 5. The van der Waals surface area contributed by atoms with Crippen LogP contribution in [-0.2, 0) is 25.7 Å². The summed E-state index contributed by atoms with van der Waals surface area (Å²) < 4.78 is 6.88. The van der Waals surface area contributed by atoms with Gasteiger partial charge in [-0.05, 0) is 52.5 Å². The fourth-order valence-corrected chi connectivity index (χ4v) is 7.25. The number of aliphatic hydroxyl groups is 1. The van der Waals surface area contributed by atoms with Crippen molar-refractivity contribution in [2.24, 2.45) is 17.8 Å². The average Bonchev–Trinajstić information content (AvgIpc) is 3.42. The molecule has 8 heteroatoms. The molecule has 3 aliphatic heterocycles. The maximum absolute atomic E-state index is 14.5. The zero-order chi connectivity index (χ0) is 29.6. The maximum Gasteiger partial charge on any atom is 0.249 e. The van der Waals surface area contributed by atoms with Crippen molar-refractivity contribution in [2.75, 3.05) is 19.7 Å². The number of fused-ring (bicyclic) bond motifs is 1. The number of ether oxygens (including phenoxy) is 1. The average molecular weight is 552 g/mol. The number of likely N-dealkylation sites (tertiary alicyclic amines) is 1. The molecule has 0 aliphatic carbocycles. The van der Waals surface area contributed by atoms with Crippen LogP contribution in [0.1, 0.15) is 53.5 Å². The number of aliphatic hydroxyl groups excluding tert-OH is 1. The second-order valence-corrected chi connectivity index (χ2v) is 12.9. The molecule has 40 heavy (non-hydrogen) atoms. The van der Waals surface area contributed by atoms with Crippen molar-refractivity contribution in [3.8, 4) is 0 Å². The summed E-state index contributed by atoms with van der Waals surface area (Å²) in [7, 11) is 0. The minimum atomic E-state index is -1.18. The lowest BCUT2D eigenvalue weighted by atomic mass is 9.62. The zero-order valence-corrected chi connectivity index (χ0v) is 24.8. The molecule has 3 aliphatic rings. The van der Waals surface area contributed by atoms with Crippen LogP contribution in [0.25, 0.3) is 0 Å². The molecule has 3 amide bonds. The quantitative estimate of drug-likeness (QED) is 0.450. The Bertz CT molecular complexity index is 1160. The molecule has 0 saturated carbocycles. The number of rotatable bonds is 10. The van der Waals surface area contributed by atoms with Gasteiger partial charge in [-0.25, -0.2) is 0 Å². The Morgan fingerprint density at radius 1 is 1.18 bits per heavy atom. The highest BCUT2D eigenvalue weighted by atomic mass is 16.5. The van der Waals surface area contributed by atoms with Crippen LogP contribution in [0.4, 0.5) is 0 Å². The normalized spacial score (nSPS) is 31.6. The highest BCUT2D eigenvalue weighted by Crippen LogP contribution is 2.66. The van der Waals surface area contributed by atoms with Gasteiger partial charge >= 0.3 is 0 Å². The van der Waals surface area contributed by atoms with Gasteiger partial charge in [0, 0.05) is 25.2 Å². The van der Waals surface area contributed by atoms with Gasteiger partial charge in [-0.15, -0.1) is 13.2 Å². The summed E-state index contributed by atoms with van der Waals surface area (Å²) >= 11 is 0. The molecule has 0 aromatic heterocycles. The number of amides is 3. The van der Waals surface area contributed by atoms with E-state index in [0.29, 0.717) is 26.1 Å².